The standard InChI is InChI=1S/C54H70O2P2/c1-36(57(55,42-27-19-38(20-28-42)48(3,4)5)43-29-21-39(22-30-43)49(6,7)8)35-46-52(15,16)54(46)47(53(54,17)18)37(2)58(56,44-31-23-40(24-32-44)50(9,10)11)45-33-25-41(26-34-45)51(12,13)14/h19-34H,1-18H3/b47-37+. The molecule has 2 saturated carbocycles. The largest absolute Gasteiger partial charge is 0.309 e. The zero-order valence-corrected chi connectivity index (χ0v) is 40.7. The van der Waals surface area contributed by atoms with Crippen molar-refractivity contribution in [1.29, 1.82) is 0 Å². The number of rotatable bonds is 6. The highest BCUT2D eigenvalue weighted by molar-refractivity contribution is 7.82. The first-order valence-corrected chi connectivity index (χ1v) is 24.7. The fraction of sp³-hybridized carbons (Fsp3) is 0.463. The Morgan fingerprint density at radius 2 is 0.690 bits per heavy atom. The summed E-state index contributed by atoms with van der Waals surface area (Å²) in [6.45, 7) is 39.9. The van der Waals surface area contributed by atoms with Crippen molar-refractivity contribution in [2.24, 2.45) is 16.2 Å². The van der Waals surface area contributed by atoms with Crippen LogP contribution in [-0.2, 0) is 30.8 Å². The van der Waals surface area contributed by atoms with Crippen LogP contribution in [0.15, 0.2) is 125 Å². The van der Waals surface area contributed by atoms with Gasteiger partial charge in [0.25, 0.3) is 0 Å². The molecule has 0 radical (unpaired) electrons. The van der Waals surface area contributed by atoms with Gasteiger partial charge in [0.2, 0.25) is 0 Å². The third-order valence-electron chi connectivity index (χ3n) is 13.8. The van der Waals surface area contributed by atoms with E-state index < -0.39 is 14.3 Å². The van der Waals surface area contributed by atoms with Crippen molar-refractivity contribution in [1.82, 2.24) is 0 Å². The summed E-state index contributed by atoms with van der Waals surface area (Å²) >= 11 is 0. The maximum absolute atomic E-state index is 16.3. The average molecular weight is 813 g/mol. The number of hydrogen-bond acceptors (Lipinski definition) is 2. The Morgan fingerprint density at radius 1 is 0.431 bits per heavy atom. The zero-order valence-electron chi connectivity index (χ0n) is 38.9. The fourth-order valence-electron chi connectivity index (χ4n) is 9.99. The lowest BCUT2D eigenvalue weighted by atomic mass is 9.87. The van der Waals surface area contributed by atoms with Crippen LogP contribution in [0.3, 0.4) is 0 Å². The van der Waals surface area contributed by atoms with Gasteiger partial charge in [-0.25, -0.2) is 0 Å². The average Bonchev–Trinajstić information content (AvgIpc) is 3.86. The first kappa shape index (κ1) is 44.2. The molecule has 0 bridgehead atoms. The molecule has 0 saturated heterocycles. The van der Waals surface area contributed by atoms with E-state index in [1.165, 1.54) is 27.8 Å². The van der Waals surface area contributed by atoms with Gasteiger partial charge in [-0.3, -0.25) is 0 Å². The monoisotopic (exact) mass is 812 g/mol. The Kier molecular flexibility index (Phi) is 10.5. The predicted octanol–water partition coefficient (Wildman–Crippen LogP) is 14.0. The van der Waals surface area contributed by atoms with E-state index in [2.05, 4.69) is 220 Å². The summed E-state index contributed by atoms with van der Waals surface area (Å²) in [5, 5.41) is 5.11. The molecule has 0 N–H and O–H groups in total. The van der Waals surface area contributed by atoms with Gasteiger partial charge in [0.05, 0.1) is 0 Å². The van der Waals surface area contributed by atoms with Gasteiger partial charge in [0.15, 0.2) is 14.3 Å². The molecular formula is C54H70O2P2. The third kappa shape index (κ3) is 6.89. The molecule has 4 aromatic carbocycles. The first-order valence-electron chi connectivity index (χ1n) is 21.2. The Hall–Kier alpha value is -3.40. The van der Waals surface area contributed by atoms with Gasteiger partial charge < -0.3 is 9.13 Å². The molecule has 0 aromatic heterocycles. The number of hydrogen-bond donors (Lipinski definition) is 0. The number of benzene rings is 4. The highest BCUT2D eigenvalue weighted by Crippen LogP contribution is 2.94. The van der Waals surface area contributed by atoms with Crippen LogP contribution in [0, 0.1) is 16.2 Å². The molecule has 58 heavy (non-hydrogen) atoms. The van der Waals surface area contributed by atoms with E-state index in [1.807, 2.05) is 6.92 Å². The third-order valence-corrected chi connectivity index (χ3v) is 20.1. The van der Waals surface area contributed by atoms with Crippen molar-refractivity contribution in [3.8, 4) is 0 Å². The second kappa shape index (κ2) is 13.8. The molecule has 6 rings (SSSR count). The molecule has 308 valence electrons. The summed E-state index contributed by atoms with van der Waals surface area (Å²) in [5.41, 5.74) is 10.2. The smallest absolute Gasteiger partial charge is 0.174 e. The van der Waals surface area contributed by atoms with Crippen molar-refractivity contribution in [3.05, 3.63) is 147 Å². The van der Waals surface area contributed by atoms with Crippen LogP contribution >= 0.6 is 14.3 Å². The van der Waals surface area contributed by atoms with Crippen molar-refractivity contribution in [2.45, 2.75) is 146 Å². The molecular weight excluding hydrogens is 743 g/mol. The van der Waals surface area contributed by atoms with Gasteiger partial charge in [-0.05, 0) is 74.2 Å². The molecule has 4 heteroatoms. The first-order chi connectivity index (χ1) is 26.4. The lowest BCUT2D eigenvalue weighted by molar-refractivity contribution is 0.451. The van der Waals surface area contributed by atoms with Crippen LogP contribution in [0.4, 0.5) is 0 Å². The molecule has 0 amide bonds. The Morgan fingerprint density at radius 3 is 0.948 bits per heavy atom. The van der Waals surface area contributed by atoms with E-state index in [0.717, 1.165) is 37.4 Å². The maximum Gasteiger partial charge on any atom is 0.174 e. The summed E-state index contributed by atoms with van der Waals surface area (Å²) in [5.74, 6) is 0. The minimum absolute atomic E-state index is 0.0163. The highest BCUT2D eigenvalue weighted by atomic mass is 31.2. The van der Waals surface area contributed by atoms with E-state index >= 15 is 9.13 Å². The van der Waals surface area contributed by atoms with Crippen molar-refractivity contribution < 1.29 is 9.13 Å². The summed E-state index contributed by atoms with van der Waals surface area (Å²) in [7, 11) is -6.57. The van der Waals surface area contributed by atoms with E-state index in [1.54, 1.807) is 0 Å². The van der Waals surface area contributed by atoms with Gasteiger partial charge in [0.1, 0.15) is 0 Å². The summed E-state index contributed by atoms with van der Waals surface area (Å²) in [6.07, 6.45) is 0. The molecule has 1 unspecified atom stereocenters. The molecule has 0 heterocycles. The SMILES string of the molecule is CC(=C=C1C(C)(C)C12/C(=C(\C)P(=O)(c1ccc(C(C)(C)C)cc1)c1ccc(C(C)(C)C)cc1)C2(C)C)P(=O)(c1ccc(C(C)(C)C)cc1)c1ccc(C(C)(C)C)cc1. The summed E-state index contributed by atoms with van der Waals surface area (Å²) in [4.78, 5) is 0. The van der Waals surface area contributed by atoms with Gasteiger partial charge in [-0.1, -0.05) is 208 Å². The number of allylic oxidation sites excluding steroid dienone is 3. The molecule has 4 aromatic rings. The van der Waals surface area contributed by atoms with E-state index in [0.29, 0.717) is 0 Å². The molecule has 0 aliphatic heterocycles. The van der Waals surface area contributed by atoms with Crippen molar-refractivity contribution >= 4 is 35.5 Å². The van der Waals surface area contributed by atoms with Gasteiger partial charge >= 0.3 is 0 Å². The Labute approximate surface area is 352 Å². The van der Waals surface area contributed by atoms with E-state index in [-0.39, 0.29) is 37.9 Å². The van der Waals surface area contributed by atoms with Crippen LogP contribution in [0.5, 0.6) is 0 Å². The van der Waals surface area contributed by atoms with Crippen LogP contribution < -0.4 is 21.2 Å². The zero-order chi connectivity index (χ0) is 43.4. The quantitative estimate of drug-likeness (QED) is 0.144. The Bertz CT molecular complexity index is 2310. The van der Waals surface area contributed by atoms with Crippen LogP contribution in [0.2, 0.25) is 0 Å². The fourth-order valence-corrected chi connectivity index (χ4v) is 15.4. The lowest BCUT2D eigenvalue weighted by Crippen LogP contribution is -2.20. The molecule has 1 atom stereocenters. The summed E-state index contributed by atoms with van der Waals surface area (Å²) in [6, 6.07) is 33.9. The van der Waals surface area contributed by atoms with Crippen LogP contribution in [-0.4, -0.2) is 0 Å². The molecule has 2 fully saturated rings. The topological polar surface area (TPSA) is 34.1 Å². The molecule has 2 aliphatic rings. The lowest BCUT2D eigenvalue weighted by Gasteiger charge is -2.25. The van der Waals surface area contributed by atoms with E-state index in [9.17, 15) is 0 Å². The second-order valence-electron chi connectivity index (χ2n) is 22.5. The van der Waals surface area contributed by atoms with Gasteiger partial charge in [-0.2, -0.15) is 0 Å². The normalized spacial score (nSPS) is 20.1. The minimum atomic E-state index is -3.29. The van der Waals surface area contributed by atoms with Gasteiger partial charge in [-0.15, -0.1) is 5.73 Å². The minimum Gasteiger partial charge on any atom is -0.309 e. The highest BCUT2D eigenvalue weighted by Gasteiger charge is 2.88. The summed E-state index contributed by atoms with van der Waals surface area (Å²) < 4.78 is 32.2. The van der Waals surface area contributed by atoms with E-state index in [4.69, 9.17) is 0 Å². The van der Waals surface area contributed by atoms with Crippen molar-refractivity contribution in [2.75, 3.05) is 0 Å². The predicted molar refractivity (Wildman–Crippen MR) is 253 cm³/mol. The van der Waals surface area contributed by atoms with Crippen LogP contribution in [0.1, 0.15) is 147 Å². The maximum atomic E-state index is 16.3. The van der Waals surface area contributed by atoms with Gasteiger partial charge in [0, 0.05) is 42.8 Å². The molecule has 1 spiro atoms. The molecule has 2 aliphatic carbocycles. The Balaban J connectivity index is 1.58. The van der Waals surface area contributed by atoms with Crippen LogP contribution in [0.25, 0.3) is 0 Å². The molecule has 2 nitrogen and oxygen atoms in total. The second-order valence-corrected chi connectivity index (χ2v) is 28.3. The van der Waals surface area contributed by atoms with Crippen molar-refractivity contribution in [3.63, 3.8) is 0 Å².